The van der Waals surface area contributed by atoms with Crippen molar-refractivity contribution in [2.24, 2.45) is 17.8 Å². The van der Waals surface area contributed by atoms with E-state index in [4.69, 9.17) is 32.7 Å². The number of methoxy groups -OCH3 is 2. The first kappa shape index (κ1) is 35.5. The first-order chi connectivity index (χ1) is 24.6. The molecule has 4 aliphatic rings. The van der Waals surface area contributed by atoms with Crippen molar-refractivity contribution in [3.63, 3.8) is 0 Å². The number of alkyl halides is 2. The molecule has 1 N–H and O–H groups in total. The first-order valence-electron chi connectivity index (χ1n) is 15.6. The smallest absolute Gasteiger partial charge is 0.258 e. The number of phenols is 1. The van der Waals surface area contributed by atoms with Crippen molar-refractivity contribution in [3.8, 4) is 17.2 Å². The van der Waals surface area contributed by atoms with E-state index in [2.05, 4.69) is 6.58 Å². The van der Waals surface area contributed by atoms with Gasteiger partial charge in [0.05, 0.1) is 31.7 Å². The van der Waals surface area contributed by atoms with E-state index in [1.807, 2.05) is 0 Å². The Hall–Kier alpha value is -4.95. The highest BCUT2D eigenvalue weighted by Crippen LogP contribution is 2.66. The number of ether oxygens (including phenoxy) is 2. The van der Waals surface area contributed by atoms with E-state index >= 15 is 8.78 Å². The van der Waals surface area contributed by atoms with Gasteiger partial charge in [0.25, 0.3) is 11.8 Å². The maximum Gasteiger partial charge on any atom is 0.258 e. The van der Waals surface area contributed by atoms with Crippen molar-refractivity contribution >= 4 is 64.3 Å². The lowest BCUT2D eigenvalue weighted by atomic mass is 9.56. The second-order valence-corrected chi connectivity index (χ2v) is 14.0. The predicted molar refractivity (Wildman–Crippen MR) is 177 cm³/mol. The third-order valence-corrected chi connectivity index (χ3v) is 11.9. The number of benzene rings is 3. The van der Waals surface area contributed by atoms with Gasteiger partial charge in [0, 0.05) is 5.92 Å². The molecule has 0 spiro atoms. The summed E-state index contributed by atoms with van der Waals surface area (Å²) in [6, 6.07) is 8.84. The number of amides is 4. The van der Waals surface area contributed by atoms with Crippen LogP contribution in [0.4, 0.5) is 33.3 Å². The van der Waals surface area contributed by atoms with E-state index < -0.39 is 104 Å². The van der Waals surface area contributed by atoms with Crippen LogP contribution in [-0.2, 0) is 19.2 Å². The molecule has 0 aromatic heterocycles. The van der Waals surface area contributed by atoms with Crippen molar-refractivity contribution in [1.82, 2.24) is 0 Å². The third-order valence-electron chi connectivity index (χ3n) is 10.4. The van der Waals surface area contributed by atoms with Crippen LogP contribution in [0.1, 0.15) is 29.9 Å². The number of aromatic hydroxyl groups is 1. The van der Waals surface area contributed by atoms with Crippen molar-refractivity contribution < 1.29 is 55.7 Å². The van der Waals surface area contributed by atoms with Crippen LogP contribution in [0.15, 0.2) is 54.6 Å². The number of rotatable bonds is 6. The number of fused-ring (bicyclic) bond motifs is 4. The maximum absolute atomic E-state index is 15.3. The van der Waals surface area contributed by atoms with E-state index in [1.54, 1.807) is 36.4 Å². The van der Waals surface area contributed by atoms with Crippen LogP contribution in [0.3, 0.4) is 0 Å². The number of anilines is 2. The van der Waals surface area contributed by atoms with Gasteiger partial charge >= 0.3 is 0 Å². The van der Waals surface area contributed by atoms with Crippen molar-refractivity contribution in [2.75, 3.05) is 24.0 Å². The van der Waals surface area contributed by atoms with Crippen molar-refractivity contribution in [2.45, 2.75) is 28.5 Å². The zero-order chi connectivity index (χ0) is 37.8. The number of carbonyl (C=O) groups is 4. The fraction of sp³-hybridized carbons (Fsp3) is 0.278. The summed E-state index contributed by atoms with van der Waals surface area (Å²) < 4.78 is 84.2. The monoisotopic (exact) mass is 762 g/mol. The van der Waals surface area contributed by atoms with E-state index in [1.165, 1.54) is 26.4 Å². The van der Waals surface area contributed by atoms with Crippen LogP contribution in [-0.4, -0.2) is 52.7 Å². The normalized spacial score (nSPS) is 28.1. The summed E-state index contributed by atoms with van der Waals surface area (Å²) in [5, 5.41) is 10.7. The molecule has 0 bridgehead atoms. The lowest BCUT2D eigenvalue weighted by Gasteiger charge is -2.50. The molecule has 52 heavy (non-hydrogen) atoms. The van der Waals surface area contributed by atoms with Gasteiger partial charge in [0.15, 0.2) is 44.5 Å². The van der Waals surface area contributed by atoms with Gasteiger partial charge in [-0.1, -0.05) is 36.4 Å². The van der Waals surface area contributed by atoms with Crippen molar-refractivity contribution in [3.05, 3.63) is 94.8 Å². The highest BCUT2D eigenvalue weighted by Gasteiger charge is 2.77. The fourth-order valence-corrected chi connectivity index (χ4v) is 8.97. The predicted octanol–water partition coefficient (Wildman–Crippen LogP) is 6.52. The van der Waals surface area contributed by atoms with Crippen LogP contribution in [0.5, 0.6) is 17.2 Å². The van der Waals surface area contributed by atoms with Gasteiger partial charge in [0.2, 0.25) is 23.4 Å². The van der Waals surface area contributed by atoms with Crippen LogP contribution >= 0.6 is 23.2 Å². The second kappa shape index (κ2) is 12.1. The molecular weight excluding hydrogens is 738 g/mol. The Kier molecular flexibility index (Phi) is 8.22. The third kappa shape index (κ3) is 4.46. The second-order valence-electron chi connectivity index (χ2n) is 12.8. The number of imide groups is 2. The molecule has 0 radical (unpaired) electrons. The quantitative estimate of drug-likeness (QED) is 0.0761. The van der Waals surface area contributed by atoms with Gasteiger partial charge in [-0.25, -0.2) is 26.9 Å². The number of nitrogens with zero attached hydrogens (tertiary/aromatic N) is 2. The Labute approximate surface area is 301 Å². The Morgan fingerprint density at radius 1 is 0.827 bits per heavy atom. The number of phenolic OH excluding ortho intramolecular Hbond substituents is 1. The minimum absolute atomic E-state index is 0.00465. The molecule has 3 aromatic rings. The SMILES string of the molecule is C=Cc1ccc(N2C(=O)[C@H]3[C@H](CC=C4[C@H]3C[C@@]3(Cl)C(=O)N(c5c(F)c(F)c(F)c(F)c5F)C(=O)[C@@]3(Cl)[C@H]4c3cc(OC)c(O)c(OC)c3)C2=O)cc1. The molecule has 7 rings (SSSR count). The number of hydrogen-bond donors (Lipinski definition) is 1. The number of carbonyl (C=O) groups excluding carboxylic acids is 4. The van der Waals surface area contributed by atoms with Crippen molar-refractivity contribution in [1.29, 1.82) is 0 Å². The minimum atomic E-state index is -2.76. The summed E-state index contributed by atoms with van der Waals surface area (Å²) in [7, 11) is 2.39. The number of allylic oxidation sites excluding steroid dienone is 2. The van der Waals surface area contributed by atoms with Gasteiger partial charge in [-0.3, -0.25) is 24.1 Å². The van der Waals surface area contributed by atoms with E-state index in [-0.39, 0.29) is 39.6 Å². The van der Waals surface area contributed by atoms with E-state index in [0.717, 1.165) is 4.90 Å². The molecule has 1 saturated carbocycles. The summed E-state index contributed by atoms with van der Waals surface area (Å²) in [4.78, 5) is 52.2. The zero-order valence-corrected chi connectivity index (χ0v) is 28.5. The molecule has 6 atom stereocenters. The average molecular weight is 763 g/mol. The summed E-state index contributed by atoms with van der Waals surface area (Å²) in [5.41, 5.74) is -0.725. The minimum Gasteiger partial charge on any atom is -0.502 e. The summed E-state index contributed by atoms with van der Waals surface area (Å²) in [6.07, 6.45) is 2.39. The molecule has 0 unspecified atom stereocenters. The molecular formula is C36H25Cl2F5N2O7. The molecule has 9 nitrogen and oxygen atoms in total. The molecule has 2 aliphatic heterocycles. The van der Waals surface area contributed by atoms with Gasteiger partial charge in [-0.2, -0.15) is 0 Å². The lowest BCUT2D eigenvalue weighted by Crippen LogP contribution is -2.60. The van der Waals surface area contributed by atoms with Crippen LogP contribution in [0.25, 0.3) is 6.08 Å². The lowest BCUT2D eigenvalue weighted by molar-refractivity contribution is -0.125. The topological polar surface area (TPSA) is 113 Å². The number of halogens is 7. The zero-order valence-electron chi connectivity index (χ0n) is 27.0. The fourth-order valence-electron chi connectivity index (χ4n) is 8.03. The Bertz CT molecular complexity index is 2130. The molecule has 16 heteroatoms. The standard InChI is InChI=1S/C36H25Cl2F5N2O7/c1-4-14-5-7-16(8-6-14)44-31(47)18-10-9-17-19(22(18)32(44)48)13-35(37)33(49)45(29-27(42)25(40)24(39)26(41)28(29)43)34(50)36(35,38)23(17)15-11-20(51-2)30(46)21(12-15)52-3/h4-9,11-12,18-19,22-23,46H,1,10,13H2,2-3H3/t18-,19+,22-,23-,35+,36-/m0/s1. The van der Waals surface area contributed by atoms with Crippen LogP contribution < -0.4 is 19.3 Å². The Morgan fingerprint density at radius 2 is 1.38 bits per heavy atom. The largest absolute Gasteiger partial charge is 0.502 e. The molecule has 2 heterocycles. The molecule has 270 valence electrons. The molecule has 2 saturated heterocycles. The highest BCUT2D eigenvalue weighted by molar-refractivity contribution is 6.58. The molecule has 2 aliphatic carbocycles. The highest BCUT2D eigenvalue weighted by atomic mass is 35.5. The summed E-state index contributed by atoms with van der Waals surface area (Å²) in [6.45, 7) is 3.69. The van der Waals surface area contributed by atoms with Gasteiger partial charge in [0.1, 0.15) is 5.69 Å². The van der Waals surface area contributed by atoms with Gasteiger partial charge in [-0.15, -0.1) is 23.2 Å². The number of hydrogen-bond acceptors (Lipinski definition) is 7. The Morgan fingerprint density at radius 3 is 1.92 bits per heavy atom. The Balaban J connectivity index is 1.45. The summed E-state index contributed by atoms with van der Waals surface area (Å²) >= 11 is 14.3. The van der Waals surface area contributed by atoms with Crippen LogP contribution in [0.2, 0.25) is 0 Å². The molecule has 4 amide bonds. The maximum atomic E-state index is 15.3. The molecule has 3 aromatic carbocycles. The van der Waals surface area contributed by atoms with Crippen LogP contribution in [0, 0.1) is 46.8 Å². The van der Waals surface area contributed by atoms with Gasteiger partial charge < -0.3 is 14.6 Å². The van der Waals surface area contributed by atoms with Gasteiger partial charge in [-0.05, 0) is 54.2 Å². The summed E-state index contributed by atoms with van der Waals surface area (Å²) in [5.74, 6) is -22.7. The molecule has 3 fully saturated rings. The average Bonchev–Trinajstić information content (AvgIpc) is 3.48. The first-order valence-corrected chi connectivity index (χ1v) is 16.4. The van der Waals surface area contributed by atoms with E-state index in [9.17, 15) is 37.5 Å². The van der Waals surface area contributed by atoms with E-state index in [0.29, 0.717) is 5.56 Å².